The molecule has 106 valence electrons. The monoisotopic (exact) mass is 281 g/mol. The van der Waals surface area contributed by atoms with Crippen molar-refractivity contribution in [3.05, 3.63) is 59.7 Å². The molecular formula is C17H15NO3. The molecule has 4 nitrogen and oxygen atoms in total. The Morgan fingerprint density at radius 1 is 1.14 bits per heavy atom. The van der Waals surface area contributed by atoms with Gasteiger partial charge in [-0.05, 0) is 23.8 Å². The number of carbonyl (C=O) groups is 1. The predicted octanol–water partition coefficient (Wildman–Crippen LogP) is 3.31. The molecule has 0 aliphatic rings. The van der Waals surface area contributed by atoms with Crippen molar-refractivity contribution >= 4 is 16.7 Å². The van der Waals surface area contributed by atoms with Crippen LogP contribution in [-0.2, 0) is 6.42 Å². The standard InChI is InChI=1S/C17H15NO3/c1-21-12-8-6-11(7-9-12)10-15(19)16-13-4-2-3-5-14(13)18-17(16)20/h2-9,18,20H,10H2,1H3. The van der Waals surface area contributed by atoms with E-state index in [0.717, 1.165) is 22.2 Å². The molecule has 0 bridgehead atoms. The van der Waals surface area contributed by atoms with Crippen LogP contribution in [0.2, 0.25) is 0 Å². The maximum Gasteiger partial charge on any atom is 0.200 e. The molecular weight excluding hydrogens is 266 g/mol. The number of para-hydroxylation sites is 1. The quantitative estimate of drug-likeness (QED) is 0.721. The molecule has 2 N–H and O–H groups in total. The summed E-state index contributed by atoms with van der Waals surface area (Å²) < 4.78 is 5.09. The SMILES string of the molecule is COc1ccc(CC(=O)c2c(O)[nH]c3ccccc23)cc1. The number of hydrogen-bond acceptors (Lipinski definition) is 3. The van der Waals surface area contributed by atoms with Crippen LogP contribution in [0.3, 0.4) is 0 Å². The predicted molar refractivity (Wildman–Crippen MR) is 81.0 cm³/mol. The topological polar surface area (TPSA) is 62.3 Å². The Morgan fingerprint density at radius 3 is 2.57 bits per heavy atom. The number of ether oxygens (including phenoxy) is 1. The van der Waals surface area contributed by atoms with Crippen molar-refractivity contribution in [3.63, 3.8) is 0 Å². The van der Waals surface area contributed by atoms with Gasteiger partial charge in [0.05, 0.1) is 12.7 Å². The van der Waals surface area contributed by atoms with Gasteiger partial charge in [0.15, 0.2) is 5.78 Å². The molecule has 0 aliphatic heterocycles. The van der Waals surface area contributed by atoms with Gasteiger partial charge in [-0.3, -0.25) is 4.79 Å². The van der Waals surface area contributed by atoms with Crippen molar-refractivity contribution in [1.29, 1.82) is 0 Å². The molecule has 0 spiro atoms. The molecule has 0 saturated heterocycles. The van der Waals surface area contributed by atoms with E-state index in [9.17, 15) is 9.90 Å². The molecule has 0 unspecified atom stereocenters. The summed E-state index contributed by atoms with van der Waals surface area (Å²) in [5.41, 5.74) is 1.99. The highest BCUT2D eigenvalue weighted by Gasteiger charge is 2.18. The van der Waals surface area contributed by atoms with Crippen LogP contribution in [0.4, 0.5) is 0 Å². The van der Waals surface area contributed by atoms with E-state index in [0.29, 0.717) is 5.56 Å². The summed E-state index contributed by atoms with van der Waals surface area (Å²) in [4.78, 5) is 15.3. The number of rotatable bonds is 4. The minimum absolute atomic E-state index is 0.0743. The molecule has 0 atom stereocenters. The summed E-state index contributed by atoms with van der Waals surface area (Å²) in [5.74, 6) is 0.561. The Labute approximate surface area is 122 Å². The second kappa shape index (κ2) is 5.32. The Bertz CT molecular complexity index is 787. The maximum atomic E-state index is 12.5. The van der Waals surface area contributed by atoms with Gasteiger partial charge in [-0.25, -0.2) is 0 Å². The summed E-state index contributed by atoms with van der Waals surface area (Å²) in [5, 5.41) is 10.7. The minimum atomic E-state index is -0.116. The summed E-state index contributed by atoms with van der Waals surface area (Å²) in [7, 11) is 1.60. The minimum Gasteiger partial charge on any atom is -0.497 e. The highest BCUT2D eigenvalue weighted by Crippen LogP contribution is 2.28. The average molecular weight is 281 g/mol. The number of nitrogens with one attached hydrogen (secondary N) is 1. The molecule has 0 fully saturated rings. The Balaban J connectivity index is 1.91. The molecule has 0 saturated carbocycles. The number of hydrogen-bond donors (Lipinski definition) is 2. The molecule has 0 amide bonds. The number of aromatic nitrogens is 1. The number of ketones is 1. The van der Waals surface area contributed by atoms with Crippen molar-refractivity contribution in [3.8, 4) is 11.6 Å². The first-order valence-corrected chi connectivity index (χ1v) is 6.65. The van der Waals surface area contributed by atoms with Crippen LogP contribution >= 0.6 is 0 Å². The van der Waals surface area contributed by atoms with Crippen molar-refractivity contribution in [2.75, 3.05) is 7.11 Å². The van der Waals surface area contributed by atoms with Crippen molar-refractivity contribution in [2.45, 2.75) is 6.42 Å². The number of aromatic amines is 1. The van der Waals surface area contributed by atoms with E-state index in [1.54, 1.807) is 7.11 Å². The Kier molecular flexibility index (Phi) is 3.36. The van der Waals surface area contributed by atoms with Gasteiger partial charge in [0.1, 0.15) is 5.75 Å². The second-order valence-corrected chi connectivity index (χ2v) is 4.84. The molecule has 3 rings (SSSR count). The van der Waals surface area contributed by atoms with Gasteiger partial charge < -0.3 is 14.8 Å². The Hall–Kier alpha value is -2.75. The van der Waals surface area contributed by atoms with Crippen LogP contribution in [0.15, 0.2) is 48.5 Å². The summed E-state index contributed by atoms with van der Waals surface area (Å²) in [6, 6.07) is 14.7. The number of H-pyrrole nitrogens is 1. The molecule has 21 heavy (non-hydrogen) atoms. The third-order valence-corrected chi connectivity index (χ3v) is 3.49. The van der Waals surface area contributed by atoms with Gasteiger partial charge in [-0.15, -0.1) is 0 Å². The first kappa shape index (κ1) is 13.2. The number of benzene rings is 2. The van der Waals surface area contributed by atoms with Gasteiger partial charge in [-0.1, -0.05) is 30.3 Å². The molecule has 0 radical (unpaired) electrons. The first-order valence-electron chi connectivity index (χ1n) is 6.65. The molecule has 4 heteroatoms. The van der Waals surface area contributed by atoms with Crippen molar-refractivity contribution < 1.29 is 14.6 Å². The zero-order valence-electron chi connectivity index (χ0n) is 11.6. The van der Waals surface area contributed by atoms with E-state index in [-0.39, 0.29) is 18.1 Å². The highest BCUT2D eigenvalue weighted by atomic mass is 16.5. The smallest absolute Gasteiger partial charge is 0.200 e. The summed E-state index contributed by atoms with van der Waals surface area (Å²) in [6.07, 6.45) is 0.236. The zero-order chi connectivity index (χ0) is 14.8. The van der Waals surface area contributed by atoms with Crippen LogP contribution in [0.25, 0.3) is 10.9 Å². The van der Waals surface area contributed by atoms with Crippen LogP contribution in [0.1, 0.15) is 15.9 Å². The van der Waals surface area contributed by atoms with E-state index in [4.69, 9.17) is 4.74 Å². The lowest BCUT2D eigenvalue weighted by Gasteiger charge is -2.03. The van der Waals surface area contributed by atoms with Crippen LogP contribution in [-0.4, -0.2) is 23.0 Å². The summed E-state index contributed by atoms with van der Waals surface area (Å²) >= 11 is 0. The lowest BCUT2D eigenvalue weighted by Crippen LogP contribution is -2.03. The number of aromatic hydroxyl groups is 1. The zero-order valence-corrected chi connectivity index (χ0v) is 11.6. The molecule has 2 aromatic carbocycles. The average Bonchev–Trinajstić information content (AvgIpc) is 2.83. The fourth-order valence-electron chi connectivity index (χ4n) is 2.43. The Morgan fingerprint density at radius 2 is 1.86 bits per heavy atom. The van der Waals surface area contributed by atoms with Gasteiger partial charge in [0, 0.05) is 17.3 Å². The van der Waals surface area contributed by atoms with E-state index in [1.165, 1.54) is 0 Å². The lowest BCUT2D eigenvalue weighted by molar-refractivity contribution is 0.0992. The number of fused-ring (bicyclic) bond motifs is 1. The van der Waals surface area contributed by atoms with Crippen molar-refractivity contribution in [2.24, 2.45) is 0 Å². The fourth-order valence-corrected chi connectivity index (χ4v) is 2.43. The van der Waals surface area contributed by atoms with Gasteiger partial charge in [-0.2, -0.15) is 0 Å². The first-order chi connectivity index (χ1) is 10.2. The number of carbonyl (C=O) groups excluding carboxylic acids is 1. The van der Waals surface area contributed by atoms with Crippen LogP contribution in [0, 0.1) is 0 Å². The molecule has 0 aliphatic carbocycles. The number of methoxy groups -OCH3 is 1. The normalized spacial score (nSPS) is 10.7. The van der Waals surface area contributed by atoms with Crippen LogP contribution in [0.5, 0.6) is 11.6 Å². The lowest BCUT2D eigenvalue weighted by atomic mass is 10.0. The van der Waals surface area contributed by atoms with E-state index < -0.39 is 0 Å². The highest BCUT2D eigenvalue weighted by molar-refractivity contribution is 6.10. The second-order valence-electron chi connectivity index (χ2n) is 4.84. The van der Waals surface area contributed by atoms with Gasteiger partial charge in [0.25, 0.3) is 0 Å². The fraction of sp³-hybridized carbons (Fsp3) is 0.118. The largest absolute Gasteiger partial charge is 0.497 e. The molecule has 1 aromatic heterocycles. The molecule has 1 heterocycles. The summed E-state index contributed by atoms with van der Waals surface area (Å²) in [6.45, 7) is 0. The maximum absolute atomic E-state index is 12.5. The number of Topliss-reactive ketones (excluding diaryl/α,β-unsaturated/α-hetero) is 1. The molecule has 3 aromatic rings. The third kappa shape index (κ3) is 2.48. The van der Waals surface area contributed by atoms with E-state index in [2.05, 4.69) is 4.98 Å². The third-order valence-electron chi connectivity index (χ3n) is 3.49. The van der Waals surface area contributed by atoms with E-state index in [1.807, 2.05) is 48.5 Å². The van der Waals surface area contributed by atoms with Gasteiger partial charge >= 0.3 is 0 Å². The van der Waals surface area contributed by atoms with E-state index >= 15 is 0 Å². The van der Waals surface area contributed by atoms with Gasteiger partial charge in [0.2, 0.25) is 5.88 Å². The van der Waals surface area contributed by atoms with Crippen LogP contribution < -0.4 is 4.74 Å². The van der Waals surface area contributed by atoms with Crippen molar-refractivity contribution in [1.82, 2.24) is 4.98 Å².